The zero-order valence-corrected chi connectivity index (χ0v) is 20.3. The molecule has 0 aromatic heterocycles. The van der Waals surface area contributed by atoms with Gasteiger partial charge in [0.25, 0.3) is 5.91 Å². The summed E-state index contributed by atoms with van der Waals surface area (Å²) < 4.78 is 1.00. The predicted molar refractivity (Wildman–Crippen MR) is 132 cm³/mol. The number of aliphatic imine (C=N–C) groups is 1. The largest absolute Gasteiger partial charge is 0.369 e. The van der Waals surface area contributed by atoms with Gasteiger partial charge in [-0.05, 0) is 104 Å². The zero-order chi connectivity index (χ0) is 21.6. The van der Waals surface area contributed by atoms with E-state index in [0.717, 1.165) is 22.1 Å². The molecule has 2 aromatic rings. The minimum absolute atomic E-state index is 0.0979. The number of benzene rings is 2. The number of amidine groups is 1. The summed E-state index contributed by atoms with van der Waals surface area (Å²) in [5.74, 6) is 0.378. The number of amides is 1. The minimum Gasteiger partial charge on any atom is -0.369 e. The second-order valence-corrected chi connectivity index (χ2v) is 10.6. The fourth-order valence-corrected chi connectivity index (χ4v) is 5.24. The van der Waals surface area contributed by atoms with Crippen molar-refractivity contribution in [2.75, 3.05) is 11.9 Å². The minimum atomic E-state index is -0.0979. The van der Waals surface area contributed by atoms with Crippen molar-refractivity contribution in [3.05, 3.63) is 62.5 Å². The number of hydrogen-bond donors (Lipinski definition) is 1. The maximum atomic E-state index is 12.5. The van der Waals surface area contributed by atoms with E-state index in [1.165, 1.54) is 28.6 Å². The van der Waals surface area contributed by atoms with Gasteiger partial charge in [0.2, 0.25) is 0 Å². The number of thioether (sulfide) groups is 1. The maximum absolute atomic E-state index is 12.5. The van der Waals surface area contributed by atoms with Gasteiger partial charge in [0.1, 0.15) is 0 Å². The van der Waals surface area contributed by atoms with Crippen LogP contribution in [0.25, 0.3) is 6.08 Å². The summed E-state index contributed by atoms with van der Waals surface area (Å²) in [6.07, 6.45) is 3.10. The van der Waals surface area contributed by atoms with E-state index in [1.807, 2.05) is 30.3 Å². The molecule has 0 bridgehead atoms. The molecule has 0 saturated carbocycles. The van der Waals surface area contributed by atoms with Crippen molar-refractivity contribution in [2.24, 2.45) is 4.99 Å². The molecule has 4 nitrogen and oxygen atoms in total. The Morgan fingerprint density at radius 1 is 1.27 bits per heavy atom. The van der Waals surface area contributed by atoms with Crippen LogP contribution in [0.4, 0.5) is 11.4 Å². The number of fused-ring (bicyclic) bond motifs is 1. The molecule has 2 aromatic carbocycles. The molecule has 0 aliphatic carbocycles. The monoisotopic (exact) mass is 483 g/mol. The average Bonchev–Trinajstić information content (AvgIpc) is 3.01. The normalized spacial score (nSPS) is 23.1. The first-order valence-corrected chi connectivity index (χ1v) is 11.7. The van der Waals surface area contributed by atoms with Crippen LogP contribution in [-0.4, -0.2) is 23.7 Å². The molecule has 1 N–H and O–H groups in total. The highest BCUT2D eigenvalue weighted by molar-refractivity contribution is 9.10. The Balaban J connectivity index is 1.64. The first-order chi connectivity index (χ1) is 14.1. The molecule has 2 aliphatic rings. The van der Waals surface area contributed by atoms with E-state index in [2.05, 4.69) is 78.0 Å². The van der Waals surface area contributed by atoms with Gasteiger partial charge in [-0.3, -0.25) is 4.79 Å². The van der Waals surface area contributed by atoms with Crippen molar-refractivity contribution in [3.63, 3.8) is 0 Å². The zero-order valence-electron chi connectivity index (χ0n) is 17.9. The fourth-order valence-electron chi connectivity index (χ4n) is 4.14. The molecular formula is C24H26BrN3OS. The van der Waals surface area contributed by atoms with Gasteiger partial charge < -0.3 is 10.2 Å². The standard InChI is InChI=1S/C24H26BrN3OS/c1-14-10-20-19(15(2)13-24(3,4)28(20)5)11-16(14)12-21-22(29)27-23(30-21)26-18-8-6-17(25)7-9-18/h6-12,15H,13H2,1-5H3,(H,26,27,29)/b21-12-/t15-/m0/s1. The van der Waals surface area contributed by atoms with Crippen molar-refractivity contribution in [1.29, 1.82) is 0 Å². The summed E-state index contributed by atoms with van der Waals surface area (Å²) in [5.41, 5.74) is 5.85. The van der Waals surface area contributed by atoms with E-state index in [9.17, 15) is 4.79 Å². The number of aryl methyl sites for hydroxylation is 1. The molecule has 1 atom stereocenters. The van der Waals surface area contributed by atoms with Crippen LogP contribution in [0.5, 0.6) is 0 Å². The molecule has 1 saturated heterocycles. The Bertz CT molecular complexity index is 1070. The maximum Gasteiger partial charge on any atom is 0.264 e. The van der Waals surface area contributed by atoms with Crippen LogP contribution in [0.1, 0.15) is 49.8 Å². The van der Waals surface area contributed by atoms with Crippen LogP contribution in [0.3, 0.4) is 0 Å². The molecule has 0 radical (unpaired) electrons. The molecule has 6 heteroatoms. The number of nitrogens with zero attached hydrogens (tertiary/aromatic N) is 2. The molecule has 0 spiro atoms. The van der Waals surface area contributed by atoms with Crippen molar-refractivity contribution in [2.45, 2.75) is 45.6 Å². The number of hydrogen-bond acceptors (Lipinski definition) is 4. The lowest BCUT2D eigenvalue weighted by Gasteiger charge is -2.45. The lowest BCUT2D eigenvalue weighted by Crippen LogP contribution is -2.45. The Labute approximate surface area is 191 Å². The topological polar surface area (TPSA) is 44.7 Å². The molecule has 2 aliphatic heterocycles. The highest BCUT2D eigenvalue weighted by Crippen LogP contribution is 2.44. The quantitative estimate of drug-likeness (QED) is 0.504. The number of halogens is 1. The van der Waals surface area contributed by atoms with E-state index < -0.39 is 0 Å². The van der Waals surface area contributed by atoms with Crippen LogP contribution in [0.2, 0.25) is 0 Å². The molecule has 0 unspecified atom stereocenters. The van der Waals surface area contributed by atoms with E-state index in [4.69, 9.17) is 0 Å². The van der Waals surface area contributed by atoms with Crippen molar-refractivity contribution < 1.29 is 4.79 Å². The molecule has 156 valence electrons. The first kappa shape index (κ1) is 21.2. The van der Waals surface area contributed by atoms with Crippen LogP contribution in [0.15, 0.2) is 50.8 Å². The number of carbonyl (C=O) groups excluding carboxylic acids is 1. The third kappa shape index (κ3) is 4.08. The Hall–Kier alpha value is -2.05. The summed E-state index contributed by atoms with van der Waals surface area (Å²) in [5, 5.41) is 3.49. The highest BCUT2D eigenvalue weighted by atomic mass is 79.9. The molecule has 1 amide bonds. The van der Waals surface area contributed by atoms with Crippen LogP contribution in [-0.2, 0) is 4.79 Å². The van der Waals surface area contributed by atoms with E-state index in [0.29, 0.717) is 16.0 Å². The third-order valence-corrected chi connectivity index (χ3v) is 7.45. The number of rotatable bonds is 2. The number of carbonyl (C=O) groups is 1. The Morgan fingerprint density at radius 2 is 1.97 bits per heavy atom. The Kier molecular flexibility index (Phi) is 5.58. The molecule has 4 rings (SSSR count). The Morgan fingerprint density at radius 3 is 2.67 bits per heavy atom. The van der Waals surface area contributed by atoms with Gasteiger partial charge in [-0.25, -0.2) is 4.99 Å². The molecular weight excluding hydrogens is 458 g/mol. The van der Waals surface area contributed by atoms with Crippen LogP contribution >= 0.6 is 27.7 Å². The van der Waals surface area contributed by atoms with Crippen LogP contribution in [0, 0.1) is 6.92 Å². The van der Waals surface area contributed by atoms with Gasteiger partial charge in [-0.1, -0.05) is 22.9 Å². The van der Waals surface area contributed by atoms with E-state index >= 15 is 0 Å². The molecule has 30 heavy (non-hydrogen) atoms. The molecule has 1 fully saturated rings. The lowest BCUT2D eigenvalue weighted by atomic mass is 9.79. The van der Waals surface area contributed by atoms with Crippen LogP contribution < -0.4 is 10.2 Å². The van der Waals surface area contributed by atoms with Crippen molar-refractivity contribution >= 4 is 56.2 Å². The summed E-state index contributed by atoms with van der Waals surface area (Å²) in [6.45, 7) is 8.99. The predicted octanol–water partition coefficient (Wildman–Crippen LogP) is 6.37. The second-order valence-electron chi connectivity index (χ2n) is 8.70. The number of nitrogens with one attached hydrogen (secondary N) is 1. The summed E-state index contributed by atoms with van der Waals surface area (Å²) in [6, 6.07) is 12.2. The van der Waals surface area contributed by atoms with Gasteiger partial charge >= 0.3 is 0 Å². The summed E-state index contributed by atoms with van der Waals surface area (Å²) >= 11 is 4.81. The van der Waals surface area contributed by atoms with Gasteiger partial charge in [-0.15, -0.1) is 0 Å². The second kappa shape index (κ2) is 7.89. The lowest BCUT2D eigenvalue weighted by molar-refractivity contribution is -0.115. The smallest absolute Gasteiger partial charge is 0.264 e. The fraction of sp³-hybridized carbons (Fsp3) is 0.333. The van der Waals surface area contributed by atoms with Crippen molar-refractivity contribution in [3.8, 4) is 0 Å². The van der Waals surface area contributed by atoms with Gasteiger partial charge in [-0.2, -0.15) is 0 Å². The van der Waals surface area contributed by atoms with Gasteiger partial charge in [0, 0.05) is 22.7 Å². The van der Waals surface area contributed by atoms with Crippen molar-refractivity contribution in [1.82, 2.24) is 5.32 Å². The van der Waals surface area contributed by atoms with Gasteiger partial charge in [0.15, 0.2) is 5.17 Å². The highest BCUT2D eigenvalue weighted by Gasteiger charge is 2.34. The van der Waals surface area contributed by atoms with Gasteiger partial charge in [0.05, 0.1) is 10.6 Å². The van der Waals surface area contributed by atoms with E-state index in [-0.39, 0.29) is 11.4 Å². The summed E-state index contributed by atoms with van der Waals surface area (Å²) in [7, 11) is 2.17. The SMILES string of the molecule is Cc1cc2c(cc1/C=C1\SC(=Nc3ccc(Br)cc3)NC1=O)[C@@H](C)CC(C)(C)N2C. The average molecular weight is 484 g/mol. The number of anilines is 1. The third-order valence-electron chi connectivity index (χ3n) is 6.02. The first-order valence-electron chi connectivity index (χ1n) is 10.1. The van der Waals surface area contributed by atoms with E-state index in [1.54, 1.807) is 0 Å². The molecule has 2 heterocycles. The summed E-state index contributed by atoms with van der Waals surface area (Å²) in [4.78, 5) is 20.1.